The van der Waals surface area contributed by atoms with Crippen LogP contribution in [0.4, 0.5) is 0 Å². The molecule has 0 amide bonds. The van der Waals surface area contributed by atoms with Crippen LogP contribution in [-0.4, -0.2) is 14.8 Å². The van der Waals surface area contributed by atoms with Crippen molar-refractivity contribution in [3.05, 3.63) is 33.4 Å². The highest BCUT2D eigenvalue weighted by molar-refractivity contribution is 8.00. The molecule has 0 fully saturated rings. The summed E-state index contributed by atoms with van der Waals surface area (Å²) in [6.07, 6.45) is 7.29. The molecule has 0 unspecified atom stereocenters. The molecule has 0 spiro atoms. The number of nitrogens with zero attached hydrogens (tertiary/aromatic N) is 3. The Labute approximate surface area is 143 Å². The number of aryl methyl sites for hydroxylation is 2. The summed E-state index contributed by atoms with van der Waals surface area (Å²) >= 11 is 3.00. The van der Waals surface area contributed by atoms with Gasteiger partial charge in [0.25, 0.3) is 5.56 Å². The minimum absolute atomic E-state index is 0.0157. The largest absolute Gasteiger partial charge is 0.283 e. The maximum Gasteiger partial charge on any atom is 0.263 e. The third-order valence-electron chi connectivity index (χ3n) is 4.07. The summed E-state index contributed by atoms with van der Waals surface area (Å²) in [5, 5.41) is 10.2. The quantitative estimate of drug-likeness (QED) is 0.365. The van der Waals surface area contributed by atoms with Crippen molar-refractivity contribution in [2.45, 2.75) is 56.0 Å². The smallest absolute Gasteiger partial charge is 0.263 e. The predicted octanol–water partition coefficient (Wildman–Crippen LogP) is 3.92. The molecular formula is C17H19N3OS2. The summed E-state index contributed by atoms with van der Waals surface area (Å²) in [5.41, 5.74) is 1.23. The highest BCUT2D eigenvalue weighted by Gasteiger charge is 2.21. The first kappa shape index (κ1) is 16.3. The molecule has 0 aliphatic heterocycles. The second kappa shape index (κ2) is 6.90. The Balaban J connectivity index is 2.22. The average molecular weight is 345 g/mol. The lowest BCUT2D eigenvalue weighted by molar-refractivity contribution is 0.670. The Hall–Kier alpha value is -1.58. The van der Waals surface area contributed by atoms with E-state index in [1.165, 1.54) is 35.0 Å². The van der Waals surface area contributed by atoms with Gasteiger partial charge < -0.3 is 0 Å². The summed E-state index contributed by atoms with van der Waals surface area (Å²) in [5.74, 6) is 0. The third kappa shape index (κ3) is 3.08. The lowest BCUT2D eigenvalue weighted by atomic mass is 10.1. The molecule has 0 N–H and O–H groups in total. The number of thioether (sulfide) groups is 1. The lowest BCUT2D eigenvalue weighted by Gasteiger charge is -2.11. The monoisotopic (exact) mass is 345 g/mol. The van der Waals surface area contributed by atoms with E-state index < -0.39 is 0 Å². The van der Waals surface area contributed by atoms with Crippen LogP contribution in [0.5, 0.6) is 0 Å². The van der Waals surface area contributed by atoms with Gasteiger partial charge in [-0.2, -0.15) is 5.26 Å². The van der Waals surface area contributed by atoms with E-state index >= 15 is 0 Å². The first-order valence-electron chi connectivity index (χ1n) is 7.88. The zero-order valence-corrected chi connectivity index (χ0v) is 14.8. The molecule has 0 bridgehead atoms. The summed E-state index contributed by atoms with van der Waals surface area (Å²) < 4.78 is 1.66. The van der Waals surface area contributed by atoms with E-state index in [2.05, 4.69) is 12.6 Å². The van der Waals surface area contributed by atoms with Crippen molar-refractivity contribution in [1.29, 1.82) is 5.26 Å². The maximum atomic E-state index is 13.0. The van der Waals surface area contributed by atoms with E-state index in [0.29, 0.717) is 11.7 Å². The Morgan fingerprint density at radius 3 is 3.00 bits per heavy atom. The summed E-state index contributed by atoms with van der Waals surface area (Å²) in [6, 6.07) is 2.19. The highest BCUT2D eigenvalue weighted by atomic mass is 32.2. The molecule has 4 nitrogen and oxygen atoms in total. The van der Waals surface area contributed by atoms with Crippen molar-refractivity contribution in [3.8, 4) is 6.07 Å². The van der Waals surface area contributed by atoms with Crippen LogP contribution in [0.1, 0.15) is 36.6 Å². The van der Waals surface area contributed by atoms with Crippen molar-refractivity contribution in [2.24, 2.45) is 0 Å². The molecule has 2 aromatic rings. The summed E-state index contributed by atoms with van der Waals surface area (Å²) in [4.78, 5) is 19.9. The van der Waals surface area contributed by atoms with Crippen LogP contribution in [0.25, 0.3) is 10.2 Å². The van der Waals surface area contributed by atoms with E-state index in [-0.39, 0.29) is 10.8 Å². The molecule has 0 radical (unpaired) electrons. The Kier molecular flexibility index (Phi) is 4.88. The second-order valence-electron chi connectivity index (χ2n) is 5.73. The van der Waals surface area contributed by atoms with Crippen LogP contribution in [0, 0.1) is 11.3 Å². The Morgan fingerprint density at radius 1 is 1.48 bits per heavy atom. The van der Waals surface area contributed by atoms with Crippen LogP contribution in [-0.2, 0) is 19.4 Å². The molecule has 23 heavy (non-hydrogen) atoms. The molecule has 3 rings (SSSR count). The predicted molar refractivity (Wildman–Crippen MR) is 96.3 cm³/mol. The van der Waals surface area contributed by atoms with Crippen LogP contribution in [0.2, 0.25) is 0 Å². The number of thiophene rings is 1. The molecule has 6 heteroatoms. The van der Waals surface area contributed by atoms with Crippen molar-refractivity contribution in [1.82, 2.24) is 9.55 Å². The summed E-state index contributed by atoms with van der Waals surface area (Å²) in [6.45, 7) is 5.99. The zero-order valence-electron chi connectivity index (χ0n) is 13.2. The van der Waals surface area contributed by atoms with Crippen molar-refractivity contribution < 1.29 is 0 Å². The van der Waals surface area contributed by atoms with Gasteiger partial charge in [0, 0.05) is 11.4 Å². The highest BCUT2D eigenvalue weighted by Crippen LogP contribution is 2.34. The normalized spacial score (nSPS) is 15.7. The molecule has 0 aromatic carbocycles. The topological polar surface area (TPSA) is 58.7 Å². The molecule has 1 aliphatic rings. The van der Waals surface area contributed by atoms with Gasteiger partial charge in [-0.3, -0.25) is 9.36 Å². The fourth-order valence-corrected chi connectivity index (χ4v) is 5.07. The van der Waals surface area contributed by atoms with Crippen molar-refractivity contribution >= 4 is 33.3 Å². The number of fused-ring (bicyclic) bond motifs is 3. The average Bonchev–Trinajstić information content (AvgIpc) is 2.72. The Bertz CT molecular complexity index is 844. The van der Waals surface area contributed by atoms with E-state index in [4.69, 9.17) is 10.2 Å². The molecule has 2 aromatic heterocycles. The van der Waals surface area contributed by atoms with Gasteiger partial charge in [0.1, 0.15) is 4.83 Å². The number of nitriles is 1. The first-order chi connectivity index (χ1) is 11.2. The maximum absolute atomic E-state index is 13.0. The van der Waals surface area contributed by atoms with E-state index in [1.54, 1.807) is 22.0 Å². The number of allylic oxidation sites excluding steroid dienone is 1. The molecule has 1 aliphatic carbocycles. The minimum Gasteiger partial charge on any atom is -0.283 e. The number of aromatic nitrogens is 2. The number of rotatable bonds is 4. The zero-order chi connectivity index (χ0) is 16.4. The van der Waals surface area contributed by atoms with Crippen LogP contribution >= 0.6 is 23.1 Å². The molecule has 2 heterocycles. The van der Waals surface area contributed by atoms with E-state index in [0.717, 1.165) is 29.5 Å². The van der Waals surface area contributed by atoms with Crippen molar-refractivity contribution in [3.63, 3.8) is 0 Å². The van der Waals surface area contributed by atoms with Gasteiger partial charge in [-0.05, 0) is 38.2 Å². The van der Waals surface area contributed by atoms with Gasteiger partial charge in [0.15, 0.2) is 5.16 Å². The van der Waals surface area contributed by atoms with Gasteiger partial charge in [-0.25, -0.2) is 4.98 Å². The minimum atomic E-state index is -0.242. The van der Waals surface area contributed by atoms with Crippen LogP contribution in [0.3, 0.4) is 0 Å². The molecule has 120 valence electrons. The molecule has 1 atom stereocenters. The third-order valence-corrected chi connectivity index (χ3v) is 6.23. The second-order valence-corrected chi connectivity index (χ2v) is 8.12. The van der Waals surface area contributed by atoms with Gasteiger partial charge in [0.05, 0.1) is 16.7 Å². The van der Waals surface area contributed by atoms with Crippen LogP contribution in [0.15, 0.2) is 22.6 Å². The van der Waals surface area contributed by atoms with E-state index in [9.17, 15) is 4.79 Å². The van der Waals surface area contributed by atoms with E-state index in [1.807, 2.05) is 6.92 Å². The lowest BCUT2D eigenvalue weighted by Crippen LogP contribution is -2.23. The first-order valence-corrected chi connectivity index (χ1v) is 9.57. The molecular weight excluding hydrogens is 326 g/mol. The number of hydrogen-bond donors (Lipinski definition) is 0. The van der Waals surface area contributed by atoms with Gasteiger partial charge in [-0.15, -0.1) is 17.9 Å². The fourth-order valence-electron chi connectivity index (χ4n) is 2.96. The molecule has 0 saturated heterocycles. The SMILES string of the molecule is C=CCn1c(S[C@H](C)C#N)nc2sc3c(c2c1=O)CCCCC3. The standard InChI is InChI=1S/C17H19N3OS2/c1-3-9-20-16(21)14-12-7-5-4-6-8-13(12)23-15(14)19-17(20)22-11(2)10-18/h3,11H,1,4-9H2,2H3/t11-/m1/s1. The van der Waals surface area contributed by atoms with Crippen LogP contribution < -0.4 is 5.56 Å². The van der Waals surface area contributed by atoms with Gasteiger partial charge >= 0.3 is 0 Å². The van der Waals surface area contributed by atoms with Gasteiger partial charge in [0.2, 0.25) is 0 Å². The molecule has 0 saturated carbocycles. The fraction of sp³-hybridized carbons (Fsp3) is 0.471. The summed E-state index contributed by atoms with van der Waals surface area (Å²) in [7, 11) is 0. The van der Waals surface area contributed by atoms with Gasteiger partial charge in [-0.1, -0.05) is 24.3 Å². The number of hydrogen-bond acceptors (Lipinski definition) is 5. The van der Waals surface area contributed by atoms with Crippen molar-refractivity contribution in [2.75, 3.05) is 0 Å². The Morgan fingerprint density at radius 2 is 2.26 bits per heavy atom.